The Labute approximate surface area is 98.1 Å². The molecule has 0 bridgehead atoms. The molecule has 1 heterocycles. The van der Waals surface area contributed by atoms with E-state index in [2.05, 4.69) is 49.5 Å². The van der Waals surface area contributed by atoms with Gasteiger partial charge in [-0.3, -0.25) is 0 Å². The van der Waals surface area contributed by atoms with E-state index in [-0.39, 0.29) is 0 Å². The quantitative estimate of drug-likeness (QED) is 0.719. The lowest BCUT2D eigenvalue weighted by Crippen LogP contribution is -2.29. The van der Waals surface area contributed by atoms with Gasteiger partial charge in [-0.2, -0.15) is 0 Å². The summed E-state index contributed by atoms with van der Waals surface area (Å²) in [5.74, 6) is 0. The van der Waals surface area contributed by atoms with E-state index in [9.17, 15) is 0 Å². The fourth-order valence-electron chi connectivity index (χ4n) is 1.98. The SMILES string of the molecule is CC(NCCC1OC1C)C1=CC=CCC=C1. The maximum atomic E-state index is 5.38. The molecule has 88 valence electrons. The molecule has 1 aliphatic carbocycles. The van der Waals surface area contributed by atoms with Crippen LogP contribution in [0.15, 0.2) is 36.0 Å². The Balaban J connectivity index is 1.72. The summed E-state index contributed by atoms with van der Waals surface area (Å²) in [6.45, 7) is 5.38. The zero-order valence-electron chi connectivity index (χ0n) is 10.1. The number of epoxide rings is 1. The first kappa shape index (κ1) is 11.6. The maximum absolute atomic E-state index is 5.38. The molecule has 1 fully saturated rings. The summed E-state index contributed by atoms with van der Waals surface area (Å²) in [5, 5.41) is 3.54. The highest BCUT2D eigenvalue weighted by Crippen LogP contribution is 2.23. The first-order valence-electron chi connectivity index (χ1n) is 6.19. The molecule has 0 aromatic heterocycles. The molecule has 1 aliphatic heterocycles. The van der Waals surface area contributed by atoms with E-state index in [0.29, 0.717) is 18.2 Å². The van der Waals surface area contributed by atoms with E-state index in [1.54, 1.807) is 0 Å². The van der Waals surface area contributed by atoms with Gasteiger partial charge in [-0.05, 0) is 38.8 Å². The van der Waals surface area contributed by atoms with Crippen molar-refractivity contribution in [2.24, 2.45) is 0 Å². The van der Waals surface area contributed by atoms with Crippen molar-refractivity contribution >= 4 is 0 Å². The second-order valence-corrected chi connectivity index (χ2v) is 4.58. The molecule has 1 N–H and O–H groups in total. The summed E-state index contributed by atoms with van der Waals surface area (Å²) in [7, 11) is 0. The second-order valence-electron chi connectivity index (χ2n) is 4.58. The second kappa shape index (κ2) is 5.46. The summed E-state index contributed by atoms with van der Waals surface area (Å²) >= 11 is 0. The van der Waals surface area contributed by atoms with Crippen LogP contribution in [-0.4, -0.2) is 24.8 Å². The Morgan fingerprint density at radius 3 is 3.06 bits per heavy atom. The lowest BCUT2D eigenvalue weighted by Gasteiger charge is -2.14. The van der Waals surface area contributed by atoms with Crippen LogP contribution in [0.4, 0.5) is 0 Å². The molecule has 3 unspecified atom stereocenters. The largest absolute Gasteiger partial charge is 0.370 e. The van der Waals surface area contributed by atoms with Crippen molar-refractivity contribution in [3.8, 4) is 0 Å². The number of rotatable bonds is 5. The molecular weight excluding hydrogens is 198 g/mol. The van der Waals surface area contributed by atoms with Gasteiger partial charge in [0, 0.05) is 6.04 Å². The monoisotopic (exact) mass is 219 g/mol. The minimum absolute atomic E-state index is 0.424. The average Bonchev–Trinajstić information content (AvgIpc) is 3.01. The predicted molar refractivity (Wildman–Crippen MR) is 67.4 cm³/mol. The smallest absolute Gasteiger partial charge is 0.0851 e. The molecule has 1 saturated heterocycles. The van der Waals surface area contributed by atoms with Crippen LogP contribution >= 0.6 is 0 Å². The van der Waals surface area contributed by atoms with Crippen molar-refractivity contribution in [1.29, 1.82) is 0 Å². The lowest BCUT2D eigenvalue weighted by atomic mass is 10.1. The van der Waals surface area contributed by atoms with Crippen LogP contribution in [0.2, 0.25) is 0 Å². The van der Waals surface area contributed by atoms with E-state index >= 15 is 0 Å². The van der Waals surface area contributed by atoms with Gasteiger partial charge in [0.1, 0.15) is 0 Å². The Bertz CT molecular complexity index is 317. The topological polar surface area (TPSA) is 24.6 Å². The third-order valence-corrected chi connectivity index (χ3v) is 3.22. The molecule has 0 amide bonds. The van der Waals surface area contributed by atoms with E-state index in [4.69, 9.17) is 4.74 Å². The standard InChI is InChI=1S/C14H21NO/c1-11(13-7-5-3-4-6-8-13)15-10-9-14-12(2)16-14/h3,5-8,11-12,14-15H,4,9-10H2,1-2H3. The van der Waals surface area contributed by atoms with Gasteiger partial charge in [0.05, 0.1) is 12.2 Å². The van der Waals surface area contributed by atoms with Crippen LogP contribution < -0.4 is 5.32 Å². The van der Waals surface area contributed by atoms with Gasteiger partial charge in [0.15, 0.2) is 0 Å². The fourth-order valence-corrected chi connectivity index (χ4v) is 1.98. The predicted octanol–water partition coefficient (Wildman–Crippen LogP) is 2.58. The van der Waals surface area contributed by atoms with Crippen molar-refractivity contribution in [1.82, 2.24) is 5.32 Å². The normalized spacial score (nSPS) is 29.8. The van der Waals surface area contributed by atoms with Gasteiger partial charge in [-0.1, -0.05) is 30.4 Å². The molecule has 2 heteroatoms. The van der Waals surface area contributed by atoms with Crippen molar-refractivity contribution in [2.75, 3.05) is 6.54 Å². The van der Waals surface area contributed by atoms with Crippen LogP contribution in [0.5, 0.6) is 0 Å². The first-order valence-corrected chi connectivity index (χ1v) is 6.19. The molecule has 16 heavy (non-hydrogen) atoms. The van der Waals surface area contributed by atoms with Gasteiger partial charge in [-0.25, -0.2) is 0 Å². The Morgan fingerprint density at radius 2 is 2.31 bits per heavy atom. The zero-order valence-corrected chi connectivity index (χ0v) is 10.1. The highest BCUT2D eigenvalue weighted by molar-refractivity contribution is 5.30. The number of ether oxygens (including phenoxy) is 1. The number of nitrogens with one attached hydrogen (secondary N) is 1. The molecule has 0 saturated carbocycles. The Hall–Kier alpha value is -0.860. The number of hydrogen-bond donors (Lipinski definition) is 1. The van der Waals surface area contributed by atoms with Crippen LogP contribution in [0.25, 0.3) is 0 Å². The van der Waals surface area contributed by atoms with Crippen molar-refractivity contribution in [2.45, 2.75) is 44.9 Å². The third-order valence-electron chi connectivity index (χ3n) is 3.22. The third kappa shape index (κ3) is 3.32. The summed E-state index contributed by atoms with van der Waals surface area (Å²) < 4.78 is 5.38. The molecule has 2 rings (SSSR count). The highest BCUT2D eigenvalue weighted by Gasteiger charge is 2.33. The van der Waals surface area contributed by atoms with E-state index < -0.39 is 0 Å². The molecule has 0 aromatic carbocycles. The van der Waals surface area contributed by atoms with E-state index in [1.807, 2.05) is 0 Å². The van der Waals surface area contributed by atoms with Crippen LogP contribution in [0.3, 0.4) is 0 Å². The van der Waals surface area contributed by atoms with Crippen molar-refractivity contribution < 1.29 is 4.74 Å². The minimum Gasteiger partial charge on any atom is -0.370 e. The summed E-state index contributed by atoms with van der Waals surface area (Å²) in [5.41, 5.74) is 1.36. The summed E-state index contributed by atoms with van der Waals surface area (Å²) in [6.07, 6.45) is 14.1. The van der Waals surface area contributed by atoms with Gasteiger partial charge >= 0.3 is 0 Å². The first-order chi connectivity index (χ1) is 7.77. The van der Waals surface area contributed by atoms with Crippen LogP contribution in [0.1, 0.15) is 26.7 Å². The average molecular weight is 219 g/mol. The van der Waals surface area contributed by atoms with Crippen molar-refractivity contribution in [3.63, 3.8) is 0 Å². The van der Waals surface area contributed by atoms with Gasteiger partial charge in [-0.15, -0.1) is 0 Å². The van der Waals surface area contributed by atoms with Crippen LogP contribution in [-0.2, 0) is 4.74 Å². The van der Waals surface area contributed by atoms with Crippen LogP contribution in [0, 0.1) is 0 Å². The molecule has 0 radical (unpaired) electrons. The Kier molecular flexibility index (Phi) is 3.97. The minimum atomic E-state index is 0.424. The van der Waals surface area contributed by atoms with Gasteiger partial charge in [0.25, 0.3) is 0 Å². The van der Waals surface area contributed by atoms with Crippen molar-refractivity contribution in [3.05, 3.63) is 36.0 Å². The zero-order chi connectivity index (χ0) is 11.4. The summed E-state index contributed by atoms with van der Waals surface area (Å²) in [4.78, 5) is 0. The lowest BCUT2D eigenvalue weighted by molar-refractivity contribution is 0.366. The number of hydrogen-bond acceptors (Lipinski definition) is 2. The molecule has 3 atom stereocenters. The molecule has 0 aromatic rings. The molecular formula is C14H21NO. The van der Waals surface area contributed by atoms with Gasteiger partial charge in [0.2, 0.25) is 0 Å². The molecule has 0 spiro atoms. The van der Waals surface area contributed by atoms with Gasteiger partial charge < -0.3 is 10.1 Å². The molecule has 2 nitrogen and oxygen atoms in total. The van der Waals surface area contributed by atoms with E-state index in [0.717, 1.165) is 19.4 Å². The molecule has 2 aliphatic rings. The highest BCUT2D eigenvalue weighted by atomic mass is 16.6. The number of allylic oxidation sites excluding steroid dienone is 4. The van der Waals surface area contributed by atoms with E-state index in [1.165, 1.54) is 5.57 Å². The fraction of sp³-hybridized carbons (Fsp3) is 0.571. The Morgan fingerprint density at radius 1 is 1.50 bits per heavy atom. The summed E-state index contributed by atoms with van der Waals surface area (Å²) in [6, 6.07) is 0.424. The maximum Gasteiger partial charge on any atom is 0.0851 e.